The zero-order valence-electron chi connectivity index (χ0n) is 10.9. The van der Waals surface area contributed by atoms with Gasteiger partial charge in [0, 0.05) is 24.7 Å². The number of anilines is 1. The van der Waals surface area contributed by atoms with Crippen LogP contribution in [0, 0.1) is 0 Å². The lowest BCUT2D eigenvalue weighted by atomic mass is 10.3. The summed E-state index contributed by atoms with van der Waals surface area (Å²) in [5.74, 6) is -0.0220. The van der Waals surface area contributed by atoms with E-state index in [0.29, 0.717) is 24.5 Å². The molecule has 0 aliphatic carbocycles. The molecule has 6 heteroatoms. The van der Waals surface area contributed by atoms with Crippen molar-refractivity contribution in [1.29, 1.82) is 0 Å². The van der Waals surface area contributed by atoms with Crippen LogP contribution in [0.2, 0.25) is 4.34 Å². The highest BCUT2D eigenvalue weighted by atomic mass is 35.5. The van der Waals surface area contributed by atoms with Crippen molar-refractivity contribution in [3.8, 4) is 0 Å². The number of amides is 1. The maximum absolute atomic E-state index is 12.4. The van der Waals surface area contributed by atoms with Gasteiger partial charge in [-0.1, -0.05) is 11.6 Å². The maximum Gasteiger partial charge on any atom is 0.270 e. The van der Waals surface area contributed by atoms with Crippen LogP contribution in [0.4, 0.5) is 5.69 Å². The van der Waals surface area contributed by atoms with E-state index in [1.807, 2.05) is 26.1 Å². The molecule has 0 fully saturated rings. The minimum absolute atomic E-state index is 0.0220. The van der Waals surface area contributed by atoms with Crippen LogP contribution in [0.25, 0.3) is 0 Å². The van der Waals surface area contributed by atoms with Crippen molar-refractivity contribution in [2.24, 2.45) is 7.05 Å². The Kier molecular flexibility index (Phi) is 4.17. The van der Waals surface area contributed by atoms with Crippen molar-refractivity contribution >= 4 is 34.5 Å². The second-order valence-electron chi connectivity index (χ2n) is 4.29. The molecule has 0 unspecified atom stereocenters. The lowest BCUT2D eigenvalue weighted by Gasteiger charge is -2.20. The molecule has 0 radical (unpaired) electrons. The Morgan fingerprint density at radius 1 is 1.53 bits per heavy atom. The maximum atomic E-state index is 12.4. The van der Waals surface area contributed by atoms with Gasteiger partial charge >= 0.3 is 0 Å². The number of nitrogens with zero attached hydrogens (tertiary/aromatic N) is 2. The molecule has 102 valence electrons. The number of hydrogen-bond acceptors (Lipinski definition) is 3. The molecule has 2 aromatic heterocycles. The fourth-order valence-corrected chi connectivity index (χ4v) is 3.02. The van der Waals surface area contributed by atoms with Gasteiger partial charge in [-0.2, -0.15) is 0 Å². The van der Waals surface area contributed by atoms with Crippen molar-refractivity contribution in [2.45, 2.75) is 13.5 Å². The summed E-state index contributed by atoms with van der Waals surface area (Å²) in [6.45, 7) is 3.16. The Bertz CT molecular complexity index is 590. The summed E-state index contributed by atoms with van der Waals surface area (Å²) >= 11 is 7.40. The third kappa shape index (κ3) is 3.11. The van der Waals surface area contributed by atoms with Crippen LogP contribution in [-0.2, 0) is 13.6 Å². The number of halogens is 1. The number of carbonyl (C=O) groups is 1. The average Bonchev–Trinajstić information content (AvgIpc) is 2.91. The van der Waals surface area contributed by atoms with Crippen LogP contribution in [0.1, 0.15) is 22.3 Å². The van der Waals surface area contributed by atoms with Gasteiger partial charge in [0.2, 0.25) is 0 Å². The van der Waals surface area contributed by atoms with E-state index < -0.39 is 0 Å². The lowest BCUT2D eigenvalue weighted by molar-refractivity contribution is 0.0744. The summed E-state index contributed by atoms with van der Waals surface area (Å²) in [5, 5.41) is 0. The van der Waals surface area contributed by atoms with Gasteiger partial charge in [-0.05, 0) is 25.1 Å². The molecule has 0 bridgehead atoms. The summed E-state index contributed by atoms with van der Waals surface area (Å²) in [4.78, 5) is 15.3. The van der Waals surface area contributed by atoms with Crippen LogP contribution >= 0.6 is 22.9 Å². The third-order valence-corrected chi connectivity index (χ3v) is 4.11. The molecular weight excluding hydrogens is 282 g/mol. The molecule has 0 atom stereocenters. The zero-order valence-corrected chi connectivity index (χ0v) is 12.5. The van der Waals surface area contributed by atoms with E-state index in [-0.39, 0.29) is 5.91 Å². The Labute approximate surface area is 121 Å². The molecule has 2 N–H and O–H groups in total. The van der Waals surface area contributed by atoms with Crippen LogP contribution in [0.5, 0.6) is 0 Å². The SMILES string of the molecule is CCN(Cc1ccc(Cl)s1)C(=O)c1cc(N)cn1C. The number of carbonyl (C=O) groups excluding carboxylic acids is 1. The van der Waals surface area contributed by atoms with E-state index in [0.717, 1.165) is 9.21 Å². The first kappa shape index (κ1) is 14.0. The highest BCUT2D eigenvalue weighted by Gasteiger charge is 2.18. The quantitative estimate of drug-likeness (QED) is 0.943. The Morgan fingerprint density at radius 3 is 2.74 bits per heavy atom. The van der Waals surface area contributed by atoms with Gasteiger partial charge in [0.1, 0.15) is 5.69 Å². The summed E-state index contributed by atoms with van der Waals surface area (Å²) < 4.78 is 2.49. The van der Waals surface area contributed by atoms with Crippen LogP contribution in [-0.4, -0.2) is 21.9 Å². The zero-order chi connectivity index (χ0) is 14.0. The molecule has 2 rings (SSSR count). The van der Waals surface area contributed by atoms with E-state index in [2.05, 4.69) is 0 Å². The van der Waals surface area contributed by atoms with E-state index in [9.17, 15) is 4.79 Å². The highest BCUT2D eigenvalue weighted by Crippen LogP contribution is 2.23. The molecule has 0 spiro atoms. The van der Waals surface area contributed by atoms with Gasteiger partial charge in [0.05, 0.1) is 16.6 Å². The van der Waals surface area contributed by atoms with Crippen molar-refractivity contribution in [2.75, 3.05) is 12.3 Å². The molecule has 0 aliphatic rings. The number of nitrogens with two attached hydrogens (primary N) is 1. The van der Waals surface area contributed by atoms with Gasteiger partial charge < -0.3 is 15.2 Å². The number of nitrogen functional groups attached to an aromatic ring is 1. The molecule has 4 nitrogen and oxygen atoms in total. The van der Waals surface area contributed by atoms with Gasteiger partial charge in [-0.15, -0.1) is 11.3 Å². The summed E-state index contributed by atoms with van der Waals surface area (Å²) in [6, 6.07) is 5.50. The second-order valence-corrected chi connectivity index (χ2v) is 6.09. The predicted octanol–water partition coefficient (Wildman–Crippen LogP) is 2.98. The molecule has 0 saturated heterocycles. The minimum Gasteiger partial charge on any atom is -0.397 e. The molecule has 0 aromatic carbocycles. The second kappa shape index (κ2) is 5.67. The minimum atomic E-state index is -0.0220. The Balaban J connectivity index is 2.17. The van der Waals surface area contributed by atoms with E-state index in [4.69, 9.17) is 17.3 Å². The first-order valence-electron chi connectivity index (χ1n) is 5.96. The largest absolute Gasteiger partial charge is 0.397 e. The van der Waals surface area contributed by atoms with Gasteiger partial charge in [0.15, 0.2) is 0 Å². The molecule has 1 amide bonds. The third-order valence-electron chi connectivity index (χ3n) is 2.89. The van der Waals surface area contributed by atoms with E-state index in [1.54, 1.807) is 21.7 Å². The highest BCUT2D eigenvalue weighted by molar-refractivity contribution is 7.16. The summed E-state index contributed by atoms with van der Waals surface area (Å²) in [7, 11) is 1.82. The fraction of sp³-hybridized carbons (Fsp3) is 0.308. The molecule has 0 aliphatic heterocycles. The van der Waals surface area contributed by atoms with Gasteiger partial charge in [-0.25, -0.2) is 0 Å². The molecule has 0 saturated carbocycles. The topological polar surface area (TPSA) is 51.3 Å². The summed E-state index contributed by atoms with van der Waals surface area (Å²) in [6.07, 6.45) is 1.74. The van der Waals surface area contributed by atoms with Gasteiger partial charge in [0.25, 0.3) is 5.91 Å². The number of rotatable bonds is 4. The number of aryl methyl sites for hydroxylation is 1. The number of hydrogen-bond donors (Lipinski definition) is 1. The van der Waals surface area contributed by atoms with Crippen LogP contribution in [0.3, 0.4) is 0 Å². The molecular formula is C13H16ClN3OS. The molecule has 19 heavy (non-hydrogen) atoms. The van der Waals surface area contributed by atoms with Crippen LogP contribution < -0.4 is 5.73 Å². The number of aromatic nitrogens is 1. The normalized spacial score (nSPS) is 10.7. The van der Waals surface area contributed by atoms with Crippen molar-refractivity contribution in [3.05, 3.63) is 39.3 Å². The Hall–Kier alpha value is -1.46. The van der Waals surface area contributed by atoms with Gasteiger partial charge in [-0.3, -0.25) is 4.79 Å². The molecule has 2 heterocycles. The molecule has 2 aromatic rings. The fourth-order valence-electron chi connectivity index (χ4n) is 1.92. The van der Waals surface area contributed by atoms with Crippen LogP contribution in [0.15, 0.2) is 24.4 Å². The van der Waals surface area contributed by atoms with E-state index in [1.165, 1.54) is 11.3 Å². The predicted molar refractivity (Wildman–Crippen MR) is 79.6 cm³/mol. The Morgan fingerprint density at radius 2 is 2.26 bits per heavy atom. The van der Waals surface area contributed by atoms with Crippen molar-refractivity contribution < 1.29 is 4.79 Å². The first-order chi connectivity index (χ1) is 9.01. The monoisotopic (exact) mass is 297 g/mol. The lowest BCUT2D eigenvalue weighted by Crippen LogP contribution is -2.31. The first-order valence-corrected chi connectivity index (χ1v) is 7.16. The smallest absolute Gasteiger partial charge is 0.270 e. The average molecular weight is 298 g/mol. The standard InChI is InChI=1S/C13H16ClN3OS/c1-3-17(8-10-4-5-12(14)19-10)13(18)11-6-9(15)7-16(11)2/h4-7H,3,8,15H2,1-2H3. The van der Waals surface area contributed by atoms with E-state index >= 15 is 0 Å². The van der Waals surface area contributed by atoms with Crippen molar-refractivity contribution in [1.82, 2.24) is 9.47 Å². The number of thiophene rings is 1. The van der Waals surface area contributed by atoms with Crippen molar-refractivity contribution in [3.63, 3.8) is 0 Å². The summed E-state index contributed by atoms with van der Waals surface area (Å²) in [5.41, 5.74) is 6.91.